The maximum absolute atomic E-state index is 13.0. The van der Waals surface area contributed by atoms with Gasteiger partial charge in [-0.25, -0.2) is 0 Å². The van der Waals surface area contributed by atoms with Crippen LogP contribution in [0, 0.1) is 13.8 Å². The summed E-state index contributed by atoms with van der Waals surface area (Å²) < 4.78 is 10.5. The molecule has 7 heteroatoms. The van der Waals surface area contributed by atoms with Gasteiger partial charge < -0.3 is 13.9 Å². The Morgan fingerprint density at radius 1 is 1.20 bits per heavy atom. The molecule has 1 saturated heterocycles. The lowest BCUT2D eigenvalue weighted by molar-refractivity contribution is -0.133. The van der Waals surface area contributed by atoms with Gasteiger partial charge in [0.15, 0.2) is 5.82 Å². The molecule has 0 saturated carbocycles. The van der Waals surface area contributed by atoms with Gasteiger partial charge in [-0.3, -0.25) is 4.79 Å². The van der Waals surface area contributed by atoms with Crippen molar-refractivity contribution in [3.05, 3.63) is 28.7 Å². The van der Waals surface area contributed by atoms with Gasteiger partial charge in [-0.2, -0.15) is 4.98 Å². The van der Waals surface area contributed by atoms with E-state index in [0.717, 1.165) is 30.6 Å². The molecule has 1 fully saturated rings. The SMILES string of the molecule is Cc1noc(C)c1[C@@H](C)C(=O)N1CCC[C@@H](c2noc(C(C)C)n2)C1. The zero-order valence-electron chi connectivity index (χ0n) is 15.6. The largest absolute Gasteiger partial charge is 0.361 e. The van der Waals surface area contributed by atoms with Crippen LogP contribution in [0.25, 0.3) is 0 Å². The van der Waals surface area contributed by atoms with Gasteiger partial charge in [-0.05, 0) is 33.6 Å². The molecule has 2 aromatic heterocycles. The molecule has 3 heterocycles. The van der Waals surface area contributed by atoms with E-state index in [0.29, 0.717) is 24.0 Å². The van der Waals surface area contributed by atoms with Crippen molar-refractivity contribution in [3.63, 3.8) is 0 Å². The second-order valence-electron chi connectivity index (χ2n) is 7.23. The highest BCUT2D eigenvalue weighted by Crippen LogP contribution is 2.30. The molecule has 0 radical (unpaired) electrons. The van der Waals surface area contributed by atoms with E-state index in [4.69, 9.17) is 9.05 Å². The zero-order valence-corrected chi connectivity index (χ0v) is 15.6. The van der Waals surface area contributed by atoms with E-state index in [-0.39, 0.29) is 23.7 Å². The fourth-order valence-electron chi connectivity index (χ4n) is 3.54. The molecule has 2 aromatic rings. The van der Waals surface area contributed by atoms with Crippen LogP contribution in [-0.4, -0.2) is 39.2 Å². The predicted molar refractivity (Wildman–Crippen MR) is 91.3 cm³/mol. The summed E-state index contributed by atoms with van der Waals surface area (Å²) in [6.45, 7) is 11.1. The minimum absolute atomic E-state index is 0.103. The van der Waals surface area contributed by atoms with Crippen LogP contribution in [0.4, 0.5) is 0 Å². The zero-order chi connectivity index (χ0) is 18.1. The van der Waals surface area contributed by atoms with Gasteiger partial charge in [0, 0.05) is 30.5 Å². The van der Waals surface area contributed by atoms with E-state index in [1.165, 1.54) is 0 Å². The van der Waals surface area contributed by atoms with Gasteiger partial charge in [0.1, 0.15) is 5.76 Å². The maximum Gasteiger partial charge on any atom is 0.230 e. The fraction of sp³-hybridized carbons (Fsp3) is 0.667. The standard InChI is InChI=1S/C18H26N4O3/c1-10(2)17-19-16(21-25-17)14-7-6-8-22(9-14)18(23)11(3)15-12(4)20-24-13(15)5/h10-11,14H,6-9H2,1-5H3/t11-,14-/m1/s1. The minimum Gasteiger partial charge on any atom is -0.361 e. The number of aromatic nitrogens is 3. The Balaban J connectivity index is 1.73. The Hall–Kier alpha value is -2.18. The average molecular weight is 346 g/mol. The summed E-state index contributed by atoms with van der Waals surface area (Å²) in [5.74, 6) is 2.27. The van der Waals surface area contributed by atoms with Gasteiger partial charge in [-0.1, -0.05) is 24.2 Å². The molecule has 0 aliphatic carbocycles. The van der Waals surface area contributed by atoms with Gasteiger partial charge in [-0.15, -0.1) is 0 Å². The van der Waals surface area contributed by atoms with Crippen molar-refractivity contribution < 1.29 is 13.8 Å². The number of likely N-dealkylation sites (tertiary alicyclic amines) is 1. The molecule has 25 heavy (non-hydrogen) atoms. The molecule has 1 aliphatic rings. The molecule has 0 spiro atoms. The summed E-state index contributed by atoms with van der Waals surface area (Å²) in [4.78, 5) is 19.4. The first kappa shape index (κ1) is 17.6. The summed E-state index contributed by atoms with van der Waals surface area (Å²) in [5.41, 5.74) is 1.68. The highest BCUT2D eigenvalue weighted by Gasteiger charge is 2.32. The monoisotopic (exact) mass is 346 g/mol. The van der Waals surface area contributed by atoms with Crippen LogP contribution in [0.15, 0.2) is 9.05 Å². The van der Waals surface area contributed by atoms with Crippen molar-refractivity contribution in [1.29, 1.82) is 0 Å². The third-order valence-electron chi connectivity index (χ3n) is 4.94. The molecule has 0 N–H and O–H groups in total. The molecular weight excluding hydrogens is 320 g/mol. The first-order chi connectivity index (χ1) is 11.9. The van der Waals surface area contributed by atoms with E-state index < -0.39 is 0 Å². The first-order valence-corrected chi connectivity index (χ1v) is 8.93. The van der Waals surface area contributed by atoms with Crippen LogP contribution in [0.2, 0.25) is 0 Å². The lowest BCUT2D eigenvalue weighted by Gasteiger charge is -2.33. The third-order valence-corrected chi connectivity index (χ3v) is 4.94. The number of carbonyl (C=O) groups excluding carboxylic acids is 1. The van der Waals surface area contributed by atoms with E-state index in [1.54, 1.807) is 0 Å². The third kappa shape index (κ3) is 3.45. The Bertz CT molecular complexity index is 730. The smallest absolute Gasteiger partial charge is 0.230 e. The number of hydrogen-bond acceptors (Lipinski definition) is 6. The van der Waals surface area contributed by atoms with Gasteiger partial charge >= 0.3 is 0 Å². The highest BCUT2D eigenvalue weighted by atomic mass is 16.5. The number of carbonyl (C=O) groups is 1. The fourth-order valence-corrected chi connectivity index (χ4v) is 3.54. The van der Waals surface area contributed by atoms with Crippen LogP contribution in [0.1, 0.15) is 80.1 Å². The summed E-state index contributed by atoms with van der Waals surface area (Å²) in [7, 11) is 0. The molecular formula is C18H26N4O3. The normalized spacial score (nSPS) is 19.4. The molecule has 0 aromatic carbocycles. The Morgan fingerprint density at radius 2 is 1.96 bits per heavy atom. The van der Waals surface area contributed by atoms with E-state index in [1.807, 2.05) is 39.5 Å². The molecule has 1 amide bonds. The average Bonchev–Trinajstić information content (AvgIpc) is 3.21. The Kier molecular flexibility index (Phi) is 4.92. The minimum atomic E-state index is -0.263. The van der Waals surface area contributed by atoms with Gasteiger partial charge in [0.2, 0.25) is 11.8 Å². The second-order valence-corrected chi connectivity index (χ2v) is 7.23. The number of hydrogen-bond donors (Lipinski definition) is 0. The lowest BCUT2D eigenvalue weighted by Crippen LogP contribution is -2.41. The van der Waals surface area contributed by atoms with Crippen LogP contribution < -0.4 is 0 Å². The lowest BCUT2D eigenvalue weighted by atomic mass is 9.93. The molecule has 136 valence electrons. The number of rotatable bonds is 4. The van der Waals surface area contributed by atoms with E-state index in [2.05, 4.69) is 15.3 Å². The van der Waals surface area contributed by atoms with Crippen molar-refractivity contribution in [1.82, 2.24) is 20.2 Å². The molecule has 0 unspecified atom stereocenters. The highest BCUT2D eigenvalue weighted by molar-refractivity contribution is 5.84. The number of amides is 1. The topological polar surface area (TPSA) is 85.3 Å². The predicted octanol–water partition coefficient (Wildman–Crippen LogP) is 3.31. The van der Waals surface area contributed by atoms with Gasteiger partial charge in [0.25, 0.3) is 0 Å². The Labute approximate surface area is 147 Å². The van der Waals surface area contributed by atoms with Crippen molar-refractivity contribution >= 4 is 5.91 Å². The van der Waals surface area contributed by atoms with Crippen LogP contribution >= 0.6 is 0 Å². The summed E-state index contributed by atoms with van der Waals surface area (Å²) >= 11 is 0. The molecule has 7 nitrogen and oxygen atoms in total. The quantitative estimate of drug-likeness (QED) is 0.844. The number of nitrogens with zero attached hydrogens (tertiary/aromatic N) is 4. The first-order valence-electron chi connectivity index (χ1n) is 8.93. The summed E-state index contributed by atoms with van der Waals surface area (Å²) in [5, 5.41) is 8.10. The summed E-state index contributed by atoms with van der Waals surface area (Å²) in [6.07, 6.45) is 1.91. The van der Waals surface area contributed by atoms with Crippen molar-refractivity contribution in [2.24, 2.45) is 0 Å². The van der Waals surface area contributed by atoms with Gasteiger partial charge in [0.05, 0.1) is 11.6 Å². The summed E-state index contributed by atoms with van der Waals surface area (Å²) in [6, 6.07) is 0. The molecule has 0 bridgehead atoms. The second kappa shape index (κ2) is 6.98. The van der Waals surface area contributed by atoms with E-state index in [9.17, 15) is 4.79 Å². The van der Waals surface area contributed by atoms with Crippen LogP contribution in [-0.2, 0) is 4.79 Å². The molecule has 1 aliphatic heterocycles. The molecule has 2 atom stereocenters. The van der Waals surface area contributed by atoms with Crippen molar-refractivity contribution in [2.45, 2.75) is 65.2 Å². The molecule has 3 rings (SSSR count). The van der Waals surface area contributed by atoms with Crippen LogP contribution in [0.3, 0.4) is 0 Å². The number of piperidine rings is 1. The van der Waals surface area contributed by atoms with Crippen LogP contribution in [0.5, 0.6) is 0 Å². The van der Waals surface area contributed by atoms with E-state index >= 15 is 0 Å². The number of aryl methyl sites for hydroxylation is 2. The Morgan fingerprint density at radius 3 is 2.56 bits per heavy atom. The maximum atomic E-state index is 13.0. The van der Waals surface area contributed by atoms with Crippen molar-refractivity contribution in [2.75, 3.05) is 13.1 Å². The van der Waals surface area contributed by atoms with Crippen molar-refractivity contribution in [3.8, 4) is 0 Å².